The van der Waals surface area contributed by atoms with E-state index in [4.69, 9.17) is 10.3 Å². The van der Waals surface area contributed by atoms with Crippen molar-refractivity contribution in [2.24, 2.45) is 0 Å². The number of rotatable bonds is 5. The quantitative estimate of drug-likeness (QED) is 0.471. The van der Waals surface area contributed by atoms with Crippen molar-refractivity contribution in [3.63, 3.8) is 0 Å². The molecule has 0 fully saturated rings. The van der Waals surface area contributed by atoms with Crippen LogP contribution in [0, 0.1) is 0 Å². The summed E-state index contributed by atoms with van der Waals surface area (Å²) in [5.74, 6) is -0.120. The van der Waals surface area contributed by atoms with Crippen molar-refractivity contribution in [1.29, 1.82) is 0 Å². The summed E-state index contributed by atoms with van der Waals surface area (Å²) in [6.07, 6.45) is 1.53. The van der Waals surface area contributed by atoms with Gasteiger partial charge in [0.05, 0.1) is 17.1 Å². The fraction of sp³-hybridized carbons (Fsp3) is 0.0556. The number of carbonyl (C=O) groups excluding carboxylic acids is 1. The molecule has 0 spiro atoms. The largest absolute Gasteiger partial charge is 0.397 e. The molecular weight excluding hydrogens is 352 g/mol. The van der Waals surface area contributed by atoms with Gasteiger partial charge < -0.3 is 15.6 Å². The van der Waals surface area contributed by atoms with Crippen molar-refractivity contribution in [3.05, 3.63) is 72.2 Å². The minimum Gasteiger partial charge on any atom is -0.397 e. The third-order valence-electron chi connectivity index (χ3n) is 3.61. The van der Waals surface area contributed by atoms with Gasteiger partial charge in [-0.25, -0.2) is 14.2 Å². The second-order valence-electron chi connectivity index (χ2n) is 5.44. The van der Waals surface area contributed by atoms with Crippen molar-refractivity contribution in [2.45, 2.75) is 5.75 Å². The topological polar surface area (TPSA) is 118 Å². The van der Waals surface area contributed by atoms with Crippen LogP contribution in [0.4, 0.5) is 11.4 Å². The number of benzene rings is 2. The maximum absolute atomic E-state index is 12.3. The van der Waals surface area contributed by atoms with Crippen LogP contribution in [0.5, 0.6) is 0 Å². The van der Waals surface area contributed by atoms with Crippen LogP contribution in [-0.2, 0) is 16.8 Å². The smallest absolute Gasteiger partial charge is 0.255 e. The van der Waals surface area contributed by atoms with Gasteiger partial charge in [-0.15, -0.1) is 0 Å². The van der Waals surface area contributed by atoms with E-state index in [1.165, 1.54) is 6.20 Å². The van der Waals surface area contributed by atoms with Crippen LogP contribution in [0.15, 0.2) is 60.8 Å². The molecule has 0 aliphatic heterocycles. The van der Waals surface area contributed by atoms with Crippen LogP contribution in [0.2, 0.25) is 0 Å². The summed E-state index contributed by atoms with van der Waals surface area (Å²) in [5, 5.41) is 2.77. The first-order chi connectivity index (χ1) is 12.5. The van der Waals surface area contributed by atoms with Crippen LogP contribution in [0.25, 0.3) is 11.3 Å². The van der Waals surface area contributed by atoms with Gasteiger partial charge in [-0.2, -0.15) is 0 Å². The first kappa shape index (κ1) is 17.7. The molecule has 7 nitrogen and oxygen atoms in total. The van der Waals surface area contributed by atoms with Crippen molar-refractivity contribution in [2.75, 3.05) is 11.1 Å². The molecule has 8 heteroatoms. The molecule has 3 aromatic rings. The van der Waals surface area contributed by atoms with Gasteiger partial charge in [0.25, 0.3) is 5.91 Å². The summed E-state index contributed by atoms with van der Waals surface area (Å²) in [5.41, 5.74) is 8.73. The monoisotopic (exact) mass is 368 g/mol. The number of hydrogen-bond donors (Lipinski definition) is 3. The Morgan fingerprint density at radius 3 is 2.54 bits per heavy atom. The molecule has 0 aliphatic carbocycles. The number of hydrogen-bond acceptors (Lipinski definition) is 5. The minimum atomic E-state index is -2.00. The van der Waals surface area contributed by atoms with Crippen molar-refractivity contribution in [1.82, 2.24) is 9.97 Å². The van der Waals surface area contributed by atoms with Crippen molar-refractivity contribution >= 4 is 28.4 Å². The van der Waals surface area contributed by atoms with Crippen molar-refractivity contribution < 1.29 is 13.6 Å². The Morgan fingerprint density at radius 1 is 1.12 bits per heavy atom. The van der Waals surface area contributed by atoms with E-state index in [0.29, 0.717) is 22.6 Å². The lowest BCUT2D eigenvalue weighted by molar-refractivity contribution is 0.102. The lowest BCUT2D eigenvalue weighted by Gasteiger charge is -2.08. The van der Waals surface area contributed by atoms with Gasteiger partial charge >= 0.3 is 0 Å². The summed E-state index contributed by atoms with van der Waals surface area (Å²) in [6, 6.07) is 15.6. The standard InChI is InChI=1S/C18H16N4O3S/c19-14-3-1-2-4-16(14)22-18(23)13-7-5-12(6-8-13)15-9-10-20-17(21-15)11-26(24)25/h1-10H,11,19H2,(H,22,23)(H,24,25). The molecule has 26 heavy (non-hydrogen) atoms. The average Bonchev–Trinajstić information content (AvgIpc) is 2.63. The summed E-state index contributed by atoms with van der Waals surface area (Å²) < 4.78 is 19.8. The second-order valence-corrected chi connectivity index (χ2v) is 6.37. The SMILES string of the molecule is Nc1ccccc1NC(=O)c1ccc(-c2ccnc(CS(=O)O)n2)cc1. The maximum atomic E-state index is 12.3. The fourth-order valence-electron chi connectivity index (χ4n) is 2.34. The predicted molar refractivity (Wildman–Crippen MR) is 101 cm³/mol. The van der Waals surface area contributed by atoms with E-state index in [9.17, 15) is 9.00 Å². The summed E-state index contributed by atoms with van der Waals surface area (Å²) in [6.45, 7) is 0. The fourth-order valence-corrected chi connectivity index (χ4v) is 2.70. The Morgan fingerprint density at radius 2 is 1.85 bits per heavy atom. The number of nitrogens with zero attached hydrogens (tertiary/aromatic N) is 2. The number of nitrogens with one attached hydrogen (secondary N) is 1. The summed E-state index contributed by atoms with van der Waals surface area (Å²) in [7, 11) is 0. The highest BCUT2D eigenvalue weighted by atomic mass is 32.2. The third kappa shape index (κ3) is 4.29. The Bertz CT molecular complexity index is 961. The molecular formula is C18H16N4O3S. The average molecular weight is 368 g/mol. The van der Waals surface area contributed by atoms with E-state index >= 15 is 0 Å². The van der Waals surface area contributed by atoms with Gasteiger partial charge in [0.2, 0.25) is 0 Å². The maximum Gasteiger partial charge on any atom is 0.255 e. The number of amides is 1. The van der Waals surface area contributed by atoms with Gasteiger partial charge in [0.15, 0.2) is 11.1 Å². The third-order valence-corrected chi connectivity index (χ3v) is 4.12. The molecule has 0 bridgehead atoms. The van der Waals surface area contributed by atoms with E-state index < -0.39 is 11.1 Å². The van der Waals surface area contributed by atoms with E-state index in [0.717, 1.165) is 5.56 Å². The Labute approximate surface area is 152 Å². The van der Waals surface area contributed by atoms with Crippen LogP contribution < -0.4 is 11.1 Å². The number of para-hydroxylation sites is 2. The van der Waals surface area contributed by atoms with Gasteiger partial charge in [0, 0.05) is 17.3 Å². The van der Waals surface area contributed by atoms with Crippen LogP contribution in [0.1, 0.15) is 16.2 Å². The van der Waals surface area contributed by atoms with E-state index in [1.54, 1.807) is 54.6 Å². The van der Waals surface area contributed by atoms with E-state index in [1.807, 2.05) is 0 Å². The van der Waals surface area contributed by atoms with Gasteiger partial charge in [-0.05, 0) is 30.3 Å². The highest BCUT2D eigenvalue weighted by Gasteiger charge is 2.09. The van der Waals surface area contributed by atoms with Gasteiger partial charge in [-0.3, -0.25) is 4.79 Å². The normalized spacial score (nSPS) is 11.7. The zero-order chi connectivity index (χ0) is 18.5. The van der Waals surface area contributed by atoms with Gasteiger partial charge in [0.1, 0.15) is 11.6 Å². The zero-order valence-corrected chi connectivity index (χ0v) is 14.4. The summed E-state index contributed by atoms with van der Waals surface area (Å²) >= 11 is -2.00. The highest BCUT2D eigenvalue weighted by Crippen LogP contribution is 2.20. The molecule has 1 unspecified atom stereocenters. The lowest BCUT2D eigenvalue weighted by Crippen LogP contribution is -2.13. The zero-order valence-electron chi connectivity index (χ0n) is 13.6. The highest BCUT2D eigenvalue weighted by molar-refractivity contribution is 7.78. The minimum absolute atomic E-state index is 0.132. The molecule has 1 amide bonds. The number of nitrogen functional groups attached to an aromatic ring is 1. The van der Waals surface area contributed by atoms with Crippen LogP contribution in [-0.4, -0.2) is 24.6 Å². The molecule has 1 aromatic heterocycles. The molecule has 4 N–H and O–H groups in total. The Kier molecular flexibility index (Phi) is 5.35. The molecule has 0 saturated carbocycles. The number of anilines is 2. The van der Waals surface area contributed by atoms with Crippen molar-refractivity contribution in [3.8, 4) is 11.3 Å². The Balaban J connectivity index is 1.77. The molecule has 0 aliphatic rings. The molecule has 132 valence electrons. The predicted octanol–water partition coefficient (Wildman–Crippen LogP) is 2.70. The number of aromatic nitrogens is 2. The number of carbonyl (C=O) groups is 1. The first-order valence-electron chi connectivity index (χ1n) is 7.68. The van der Waals surface area contributed by atoms with E-state index in [-0.39, 0.29) is 17.5 Å². The Hall–Kier alpha value is -3.10. The second kappa shape index (κ2) is 7.85. The van der Waals surface area contributed by atoms with Gasteiger partial charge in [-0.1, -0.05) is 24.3 Å². The summed E-state index contributed by atoms with van der Waals surface area (Å²) in [4.78, 5) is 20.6. The lowest BCUT2D eigenvalue weighted by atomic mass is 10.1. The molecule has 3 rings (SSSR count). The van der Waals surface area contributed by atoms with Crippen LogP contribution in [0.3, 0.4) is 0 Å². The number of nitrogens with two attached hydrogens (primary N) is 1. The first-order valence-corrected chi connectivity index (χ1v) is 8.96. The van der Waals surface area contributed by atoms with Crippen LogP contribution >= 0.6 is 0 Å². The molecule has 2 aromatic carbocycles. The molecule has 0 radical (unpaired) electrons. The molecule has 1 atom stereocenters. The molecule has 0 saturated heterocycles. The van der Waals surface area contributed by atoms with E-state index in [2.05, 4.69) is 15.3 Å². The molecule has 1 heterocycles.